The van der Waals surface area contributed by atoms with Crippen LogP contribution < -0.4 is 10.6 Å². The van der Waals surface area contributed by atoms with Crippen molar-refractivity contribution >= 4 is 5.96 Å². The van der Waals surface area contributed by atoms with Crippen molar-refractivity contribution in [3.8, 4) is 0 Å². The molecule has 0 spiro atoms. The number of aliphatic imine (C=N–C) groups is 1. The Morgan fingerprint density at radius 2 is 1.87 bits per heavy atom. The van der Waals surface area contributed by atoms with Gasteiger partial charge in [-0.2, -0.15) is 0 Å². The lowest BCUT2D eigenvalue weighted by Gasteiger charge is -2.32. The lowest BCUT2D eigenvalue weighted by Crippen LogP contribution is -2.49. The highest BCUT2D eigenvalue weighted by Crippen LogP contribution is 2.41. The number of nitrogens with zero attached hydrogens (tertiary/aromatic N) is 2. The number of rotatable bonds is 7. The van der Waals surface area contributed by atoms with Gasteiger partial charge in [0.25, 0.3) is 0 Å². The first kappa shape index (κ1) is 18.5. The Morgan fingerprint density at radius 1 is 1.17 bits per heavy atom. The number of guanidine groups is 1. The Bertz CT molecular complexity index is 360. The van der Waals surface area contributed by atoms with Gasteiger partial charge in [-0.15, -0.1) is 0 Å². The number of hydrogen-bond donors (Lipinski definition) is 2. The van der Waals surface area contributed by atoms with Gasteiger partial charge in [0, 0.05) is 38.8 Å². The minimum atomic E-state index is 0.457. The largest absolute Gasteiger partial charge is 0.379 e. The summed E-state index contributed by atoms with van der Waals surface area (Å²) in [4.78, 5) is 7.40. The molecular weight excluding hydrogens is 288 g/mol. The Labute approximate surface area is 142 Å². The first-order valence-corrected chi connectivity index (χ1v) is 9.53. The van der Waals surface area contributed by atoms with Crippen LogP contribution in [0.1, 0.15) is 52.9 Å². The summed E-state index contributed by atoms with van der Waals surface area (Å²) in [5.41, 5.74) is 0.457. The van der Waals surface area contributed by atoms with Gasteiger partial charge in [-0.3, -0.25) is 9.89 Å². The van der Waals surface area contributed by atoms with Crippen LogP contribution in [0.2, 0.25) is 0 Å². The first-order chi connectivity index (χ1) is 11.2. The highest BCUT2D eigenvalue weighted by atomic mass is 16.5. The van der Waals surface area contributed by atoms with E-state index in [0.717, 1.165) is 51.9 Å². The number of ether oxygens (including phenoxy) is 1. The summed E-state index contributed by atoms with van der Waals surface area (Å²) in [7, 11) is 0. The Morgan fingerprint density at radius 3 is 2.48 bits per heavy atom. The van der Waals surface area contributed by atoms with E-state index in [4.69, 9.17) is 9.73 Å². The zero-order valence-corrected chi connectivity index (χ0v) is 15.4. The molecule has 0 aromatic carbocycles. The molecule has 0 radical (unpaired) electrons. The summed E-state index contributed by atoms with van der Waals surface area (Å²) in [6.07, 6.45) is 6.69. The van der Waals surface area contributed by atoms with E-state index in [0.29, 0.717) is 11.5 Å². The van der Waals surface area contributed by atoms with Crippen LogP contribution in [0.3, 0.4) is 0 Å². The SMILES string of the molecule is CCNC(=NCC1(CC)CCCC1)NCC(C)N1CCOCC1. The molecule has 0 aromatic heterocycles. The molecule has 5 nitrogen and oxygen atoms in total. The van der Waals surface area contributed by atoms with Gasteiger partial charge in [-0.05, 0) is 38.5 Å². The monoisotopic (exact) mass is 324 g/mol. The molecule has 1 aliphatic carbocycles. The van der Waals surface area contributed by atoms with E-state index in [-0.39, 0.29) is 0 Å². The van der Waals surface area contributed by atoms with Crippen LogP contribution >= 0.6 is 0 Å². The molecule has 2 aliphatic rings. The third kappa shape index (κ3) is 5.64. The number of morpholine rings is 1. The van der Waals surface area contributed by atoms with Crippen molar-refractivity contribution in [1.29, 1.82) is 0 Å². The molecule has 1 heterocycles. The zero-order chi connectivity index (χ0) is 16.5. The van der Waals surface area contributed by atoms with Crippen LogP contribution in [0.25, 0.3) is 0 Å². The molecule has 1 atom stereocenters. The molecule has 1 aliphatic heterocycles. The minimum absolute atomic E-state index is 0.457. The Hall–Kier alpha value is -0.810. The van der Waals surface area contributed by atoms with Crippen molar-refractivity contribution in [2.24, 2.45) is 10.4 Å². The van der Waals surface area contributed by atoms with Crippen LogP contribution in [-0.4, -0.2) is 62.8 Å². The van der Waals surface area contributed by atoms with Gasteiger partial charge in [0.05, 0.1) is 13.2 Å². The predicted octanol–water partition coefficient (Wildman–Crippen LogP) is 2.23. The standard InChI is InChI=1S/C18H36N4O/c1-4-18(8-6-7-9-18)15-21-17(19-5-2)20-14-16(3)22-10-12-23-13-11-22/h16H,4-15H2,1-3H3,(H2,19,20,21). The van der Waals surface area contributed by atoms with Crippen molar-refractivity contribution in [2.45, 2.75) is 58.9 Å². The van der Waals surface area contributed by atoms with Gasteiger partial charge in [0.15, 0.2) is 5.96 Å². The average molecular weight is 325 g/mol. The molecular formula is C18H36N4O. The van der Waals surface area contributed by atoms with Crippen molar-refractivity contribution < 1.29 is 4.74 Å². The first-order valence-electron chi connectivity index (χ1n) is 9.53. The smallest absolute Gasteiger partial charge is 0.191 e. The van der Waals surface area contributed by atoms with Crippen molar-refractivity contribution in [3.63, 3.8) is 0 Å². The summed E-state index contributed by atoms with van der Waals surface area (Å²) in [5, 5.41) is 6.94. The quantitative estimate of drug-likeness (QED) is 0.557. The van der Waals surface area contributed by atoms with Crippen LogP contribution in [0.5, 0.6) is 0 Å². The van der Waals surface area contributed by atoms with E-state index < -0.39 is 0 Å². The molecule has 0 amide bonds. The molecule has 0 bridgehead atoms. The van der Waals surface area contributed by atoms with E-state index in [9.17, 15) is 0 Å². The molecule has 5 heteroatoms. The van der Waals surface area contributed by atoms with Gasteiger partial charge in [-0.25, -0.2) is 0 Å². The summed E-state index contributed by atoms with van der Waals surface area (Å²) >= 11 is 0. The summed E-state index contributed by atoms with van der Waals surface area (Å²) in [6, 6.07) is 0.509. The third-order valence-corrected chi connectivity index (χ3v) is 5.56. The fourth-order valence-electron chi connectivity index (χ4n) is 3.73. The normalized spacial score (nSPS) is 23.7. The molecule has 1 unspecified atom stereocenters. The average Bonchev–Trinajstić information content (AvgIpc) is 3.07. The van der Waals surface area contributed by atoms with Crippen molar-refractivity contribution in [2.75, 3.05) is 45.9 Å². The highest BCUT2D eigenvalue weighted by Gasteiger charge is 2.31. The summed E-state index contributed by atoms with van der Waals surface area (Å²) in [6.45, 7) is 13.3. The van der Waals surface area contributed by atoms with Crippen LogP contribution in [0, 0.1) is 5.41 Å². The van der Waals surface area contributed by atoms with E-state index in [2.05, 4.69) is 36.3 Å². The predicted molar refractivity (Wildman–Crippen MR) is 97.0 cm³/mol. The Kier molecular flexibility index (Phi) is 7.63. The molecule has 2 rings (SSSR count). The van der Waals surface area contributed by atoms with Gasteiger partial charge >= 0.3 is 0 Å². The fourth-order valence-corrected chi connectivity index (χ4v) is 3.73. The summed E-state index contributed by atoms with van der Waals surface area (Å²) in [5.74, 6) is 0.979. The number of nitrogens with one attached hydrogen (secondary N) is 2. The number of hydrogen-bond acceptors (Lipinski definition) is 3. The summed E-state index contributed by atoms with van der Waals surface area (Å²) < 4.78 is 5.43. The molecule has 23 heavy (non-hydrogen) atoms. The van der Waals surface area contributed by atoms with Crippen LogP contribution in [0.15, 0.2) is 4.99 Å². The van der Waals surface area contributed by atoms with Crippen molar-refractivity contribution in [3.05, 3.63) is 0 Å². The maximum atomic E-state index is 5.43. The van der Waals surface area contributed by atoms with Crippen molar-refractivity contribution in [1.82, 2.24) is 15.5 Å². The van der Waals surface area contributed by atoms with E-state index >= 15 is 0 Å². The topological polar surface area (TPSA) is 48.9 Å². The van der Waals surface area contributed by atoms with Gasteiger partial charge in [0.1, 0.15) is 0 Å². The second-order valence-corrected chi connectivity index (χ2v) is 7.13. The second kappa shape index (κ2) is 9.48. The fraction of sp³-hybridized carbons (Fsp3) is 0.944. The third-order valence-electron chi connectivity index (χ3n) is 5.56. The van der Waals surface area contributed by atoms with E-state index in [1.54, 1.807) is 0 Å². The minimum Gasteiger partial charge on any atom is -0.379 e. The molecule has 2 N–H and O–H groups in total. The lowest BCUT2D eigenvalue weighted by atomic mass is 9.84. The highest BCUT2D eigenvalue weighted by molar-refractivity contribution is 5.79. The van der Waals surface area contributed by atoms with Gasteiger partial charge in [0.2, 0.25) is 0 Å². The maximum absolute atomic E-state index is 5.43. The van der Waals surface area contributed by atoms with E-state index in [1.807, 2.05) is 0 Å². The Balaban J connectivity index is 1.83. The molecule has 2 fully saturated rings. The maximum Gasteiger partial charge on any atom is 0.191 e. The molecule has 0 aromatic rings. The van der Waals surface area contributed by atoms with Gasteiger partial charge < -0.3 is 15.4 Å². The van der Waals surface area contributed by atoms with Crippen LogP contribution in [-0.2, 0) is 4.74 Å². The van der Waals surface area contributed by atoms with Gasteiger partial charge in [-0.1, -0.05) is 19.8 Å². The zero-order valence-electron chi connectivity index (χ0n) is 15.4. The van der Waals surface area contributed by atoms with E-state index in [1.165, 1.54) is 32.1 Å². The molecule has 1 saturated heterocycles. The second-order valence-electron chi connectivity index (χ2n) is 7.13. The lowest BCUT2D eigenvalue weighted by molar-refractivity contribution is 0.0211. The van der Waals surface area contributed by atoms with Crippen LogP contribution in [0.4, 0.5) is 0 Å². The molecule has 134 valence electrons. The molecule has 1 saturated carbocycles.